The van der Waals surface area contributed by atoms with Crippen molar-refractivity contribution in [2.45, 2.75) is 0 Å². The minimum Gasteiger partial charge on any atom is -0.423 e. The Morgan fingerprint density at radius 1 is 0.212 bits per heavy atom. The highest BCUT2D eigenvalue weighted by molar-refractivity contribution is 14.1. The lowest BCUT2D eigenvalue weighted by atomic mass is 9.79. The first-order valence-electron chi connectivity index (χ1n) is 33.9. The molecule has 0 aliphatic heterocycles. The summed E-state index contributed by atoms with van der Waals surface area (Å²) in [6.07, 6.45) is 0. The maximum Gasteiger partial charge on any atom is 0.488 e. The Bertz CT molecular complexity index is 6250. The zero-order valence-electron chi connectivity index (χ0n) is 55.9. The van der Waals surface area contributed by atoms with E-state index in [0.29, 0.717) is 10.9 Å². The van der Waals surface area contributed by atoms with Crippen LogP contribution in [0.3, 0.4) is 0 Å². The summed E-state index contributed by atoms with van der Waals surface area (Å²) in [6.45, 7) is 0. The van der Waals surface area contributed by atoms with Gasteiger partial charge in [0.05, 0.1) is 44.1 Å². The molecule has 4 N–H and O–H groups in total. The number of aromatic nitrogens is 4. The predicted octanol–water partition coefficient (Wildman–Crippen LogP) is 22.4. The monoisotopic (exact) mass is 1650 g/mol. The molecule has 8 nitrogen and oxygen atoms in total. The first kappa shape index (κ1) is 69.4. The van der Waals surface area contributed by atoms with Crippen LogP contribution in [-0.2, 0) is 0 Å². The van der Waals surface area contributed by atoms with Gasteiger partial charge in [-0.25, -0.2) is 0 Å². The number of hydrogen-bond donors (Lipinski definition) is 4. The van der Waals surface area contributed by atoms with Gasteiger partial charge in [-0.15, -0.1) is 0 Å². The minimum absolute atomic E-state index is 0.490. The number of para-hydroxylation sites is 8. The average molecular weight is 1650 g/mol. The fourth-order valence-corrected chi connectivity index (χ4v) is 16.0. The van der Waals surface area contributed by atoms with Gasteiger partial charge in [0.2, 0.25) is 0 Å². The summed E-state index contributed by atoms with van der Waals surface area (Å²) in [5.74, 6) is 0. The fourth-order valence-electron chi connectivity index (χ4n) is 13.8. The Labute approximate surface area is 641 Å². The zero-order chi connectivity index (χ0) is 71.2. The molecule has 19 aromatic rings. The van der Waals surface area contributed by atoms with Crippen molar-refractivity contribution < 1.29 is 20.1 Å². The molecule has 4 heterocycles. The predicted molar refractivity (Wildman–Crippen MR) is 456 cm³/mol. The number of nitrogens with zero attached hydrogens (tertiary/aromatic N) is 4. The van der Waals surface area contributed by atoms with Crippen molar-refractivity contribution in [1.29, 1.82) is 0 Å². The van der Waals surface area contributed by atoms with Crippen LogP contribution in [0.15, 0.2) is 377 Å². The summed E-state index contributed by atoms with van der Waals surface area (Å²) in [6, 6.07) is 125. The Morgan fingerprint density at radius 3 is 0.875 bits per heavy atom. The van der Waals surface area contributed by atoms with E-state index >= 15 is 0 Å². The van der Waals surface area contributed by atoms with E-state index in [2.05, 4.69) is 356 Å². The van der Waals surface area contributed by atoms with Crippen molar-refractivity contribution in [3.8, 4) is 45.0 Å². The van der Waals surface area contributed by atoms with Gasteiger partial charge in [-0.2, -0.15) is 0 Å². The van der Waals surface area contributed by atoms with Crippen molar-refractivity contribution in [2.75, 3.05) is 0 Å². The average Bonchev–Trinajstić information content (AvgIpc) is 1.61. The third-order valence-electron chi connectivity index (χ3n) is 18.5. The van der Waals surface area contributed by atoms with Crippen molar-refractivity contribution in [1.82, 2.24) is 18.3 Å². The SMILES string of the molecule is Brc1ccc2c(c1)c1ccccc1n2-c1ccccc1.Brc1cccc(-c2ccc3c(c2)c2ccccc2n3-c2ccccc2)c1.Brc1cccc(I)c1.OB(O)c1ccc2c(c1)c1ccccc1n2-c1ccccc1.OB(O)c1cccc(-c2ccc3c(c2)c2ccccc2n3-c2ccccc2)c1. The number of fused-ring (bicyclic) bond motifs is 12. The lowest BCUT2D eigenvalue weighted by molar-refractivity contribution is 0.424. The van der Waals surface area contributed by atoms with Gasteiger partial charge in [-0.1, -0.05) is 260 Å². The summed E-state index contributed by atoms with van der Waals surface area (Å²) in [5, 5.41) is 47.4. The Hall–Kier alpha value is -10.4. The van der Waals surface area contributed by atoms with Gasteiger partial charge in [0, 0.05) is 82.8 Å². The number of rotatable bonds is 8. The van der Waals surface area contributed by atoms with Gasteiger partial charge in [0.25, 0.3) is 0 Å². The molecule has 0 aliphatic carbocycles. The van der Waals surface area contributed by atoms with E-state index in [1.54, 1.807) is 12.1 Å². The van der Waals surface area contributed by atoms with Crippen LogP contribution in [0.25, 0.3) is 132 Å². The molecule has 0 bridgehead atoms. The first-order valence-corrected chi connectivity index (χ1v) is 37.4. The third-order valence-corrected chi connectivity index (χ3v) is 20.6. The Balaban J connectivity index is 0.000000108. The van der Waals surface area contributed by atoms with Crippen molar-refractivity contribution in [3.05, 3.63) is 381 Å². The zero-order valence-corrected chi connectivity index (χ0v) is 62.8. The minimum atomic E-state index is -1.47. The molecular weight excluding hydrogens is 1590 g/mol. The van der Waals surface area contributed by atoms with E-state index in [-0.39, 0.29) is 0 Å². The molecule has 0 unspecified atom stereocenters. The summed E-state index contributed by atoms with van der Waals surface area (Å²) in [7, 11) is -2.92. The molecule has 104 heavy (non-hydrogen) atoms. The van der Waals surface area contributed by atoms with Gasteiger partial charge in [-0.3, -0.25) is 0 Å². The standard InChI is InChI=1S/C24H18BNO2.C24H16BrN.C18H14BNO2.C18H12BrN.C6H4BrI/c27-25(28)19-8-6-7-17(15-19)18-13-14-24-22(16-18)21-11-4-5-12-23(21)26(24)20-9-2-1-3-10-20;25-19-8-6-7-17(15-19)18-13-14-24-22(16-18)21-11-4-5-12-23(21)26(24)20-9-2-1-3-10-20;21-19(22)13-10-11-18-16(12-13)15-8-4-5-9-17(15)20(18)14-6-2-1-3-7-14;19-13-10-11-18-16(12-13)15-8-4-5-9-17(15)20(18)14-6-2-1-3-7-14;7-5-2-1-3-6(8)4-5/h1-16,27-28H;1-16H;1-12,21-22H;1-12H;1-4H. The molecule has 0 saturated heterocycles. The topological polar surface area (TPSA) is 101 Å². The summed E-state index contributed by atoms with van der Waals surface area (Å²) >= 11 is 12.8. The Kier molecular flexibility index (Phi) is 20.9. The lowest BCUT2D eigenvalue weighted by Gasteiger charge is -2.08. The third kappa shape index (κ3) is 14.5. The molecule has 0 atom stereocenters. The maximum absolute atomic E-state index is 9.49. The van der Waals surface area contributed by atoms with E-state index in [1.165, 1.54) is 86.0 Å². The molecule has 0 radical (unpaired) electrons. The van der Waals surface area contributed by atoms with Gasteiger partial charge in [0.15, 0.2) is 0 Å². The van der Waals surface area contributed by atoms with Crippen LogP contribution in [0, 0.1) is 3.57 Å². The highest BCUT2D eigenvalue weighted by atomic mass is 127. The number of benzene rings is 15. The second-order valence-corrected chi connectivity index (χ2v) is 29.0. The van der Waals surface area contributed by atoms with E-state index in [9.17, 15) is 20.1 Å². The number of halogens is 4. The largest absolute Gasteiger partial charge is 0.488 e. The molecule has 14 heteroatoms. The summed E-state index contributed by atoms with van der Waals surface area (Å²) in [4.78, 5) is 0. The molecular formula is C90H64B2Br3IN4O4. The molecule has 502 valence electrons. The molecule has 0 spiro atoms. The molecule has 0 aliphatic rings. The van der Waals surface area contributed by atoms with E-state index in [1.807, 2.05) is 84.9 Å². The van der Waals surface area contributed by atoms with Crippen LogP contribution >= 0.6 is 70.4 Å². The highest BCUT2D eigenvalue weighted by Gasteiger charge is 2.20. The van der Waals surface area contributed by atoms with Crippen LogP contribution in [0.4, 0.5) is 0 Å². The van der Waals surface area contributed by atoms with Crippen molar-refractivity contribution in [3.63, 3.8) is 0 Å². The summed E-state index contributed by atoms with van der Waals surface area (Å²) in [5.41, 5.74) is 19.5. The second kappa shape index (κ2) is 31.3. The van der Waals surface area contributed by atoms with Gasteiger partial charge < -0.3 is 38.4 Å². The molecule has 0 saturated carbocycles. The van der Waals surface area contributed by atoms with Crippen LogP contribution in [0.5, 0.6) is 0 Å². The maximum atomic E-state index is 9.49. The molecule has 15 aromatic carbocycles. The summed E-state index contributed by atoms with van der Waals surface area (Å²) < 4.78 is 13.7. The quantitative estimate of drug-likeness (QED) is 0.0899. The van der Waals surface area contributed by atoms with E-state index in [0.717, 1.165) is 63.2 Å². The highest BCUT2D eigenvalue weighted by Crippen LogP contribution is 2.39. The van der Waals surface area contributed by atoms with E-state index in [4.69, 9.17) is 0 Å². The Morgan fingerprint density at radius 2 is 0.500 bits per heavy atom. The second-order valence-electron chi connectivity index (χ2n) is 25.0. The number of hydrogen-bond acceptors (Lipinski definition) is 4. The fraction of sp³-hybridized carbons (Fsp3) is 0. The van der Waals surface area contributed by atoms with Crippen LogP contribution in [0.2, 0.25) is 0 Å². The molecule has 0 amide bonds. The molecule has 4 aromatic heterocycles. The van der Waals surface area contributed by atoms with Gasteiger partial charge >= 0.3 is 14.2 Å². The molecule has 19 rings (SSSR count). The van der Waals surface area contributed by atoms with E-state index < -0.39 is 14.2 Å². The van der Waals surface area contributed by atoms with Crippen molar-refractivity contribution >= 4 is 183 Å². The van der Waals surface area contributed by atoms with Crippen molar-refractivity contribution in [2.24, 2.45) is 0 Å². The van der Waals surface area contributed by atoms with Gasteiger partial charge in [-0.05, 0) is 207 Å². The van der Waals surface area contributed by atoms with Crippen LogP contribution in [-0.4, -0.2) is 52.6 Å². The van der Waals surface area contributed by atoms with Crippen LogP contribution < -0.4 is 10.9 Å². The first-order chi connectivity index (χ1) is 50.9. The lowest BCUT2D eigenvalue weighted by Crippen LogP contribution is -2.29. The normalized spacial score (nSPS) is 11.1. The van der Waals surface area contributed by atoms with Crippen LogP contribution in [0.1, 0.15) is 0 Å². The smallest absolute Gasteiger partial charge is 0.423 e. The van der Waals surface area contributed by atoms with Gasteiger partial charge in [0.1, 0.15) is 0 Å². The molecule has 0 fully saturated rings.